The third kappa shape index (κ3) is 5.96. The third-order valence-electron chi connectivity index (χ3n) is 5.37. The predicted molar refractivity (Wildman–Crippen MR) is 119 cm³/mol. The molecule has 1 aromatic heterocycles. The minimum atomic E-state index is -0.168. The van der Waals surface area contributed by atoms with Gasteiger partial charge in [0.15, 0.2) is 5.82 Å². The van der Waals surface area contributed by atoms with Gasteiger partial charge in [-0.25, -0.2) is 14.4 Å². The van der Waals surface area contributed by atoms with E-state index in [2.05, 4.69) is 48.1 Å². The van der Waals surface area contributed by atoms with Crippen LogP contribution in [0.15, 0.2) is 54.9 Å². The summed E-state index contributed by atoms with van der Waals surface area (Å²) in [6.45, 7) is 4.35. The standard InChI is InChI=1S/C26H31FN2/c1-3-5-7-8-9-20-11-13-21(14-12-20)24-18-28-26(29-19-24)23-16-15-22(10-6-4-2)25(27)17-23/h11-19H,3-10H2,1-2H3. The highest BCUT2D eigenvalue weighted by Gasteiger charge is 2.08. The van der Waals surface area contributed by atoms with Gasteiger partial charge in [-0.05, 0) is 48.4 Å². The van der Waals surface area contributed by atoms with Crippen molar-refractivity contribution >= 4 is 0 Å². The van der Waals surface area contributed by atoms with E-state index >= 15 is 0 Å². The summed E-state index contributed by atoms with van der Waals surface area (Å²) >= 11 is 0. The number of aryl methyl sites for hydroxylation is 2. The van der Waals surface area contributed by atoms with E-state index in [1.54, 1.807) is 6.07 Å². The maximum atomic E-state index is 14.3. The van der Waals surface area contributed by atoms with Crippen LogP contribution in [0.4, 0.5) is 4.39 Å². The molecule has 0 aliphatic heterocycles. The van der Waals surface area contributed by atoms with Crippen molar-refractivity contribution in [2.24, 2.45) is 0 Å². The monoisotopic (exact) mass is 390 g/mol. The fourth-order valence-electron chi connectivity index (χ4n) is 3.50. The van der Waals surface area contributed by atoms with Crippen LogP contribution < -0.4 is 0 Å². The highest BCUT2D eigenvalue weighted by Crippen LogP contribution is 2.23. The summed E-state index contributed by atoms with van der Waals surface area (Å²) in [7, 11) is 0. The molecule has 0 saturated heterocycles. The van der Waals surface area contributed by atoms with Crippen LogP contribution in [0, 0.1) is 5.82 Å². The molecule has 0 radical (unpaired) electrons. The number of halogens is 1. The number of hydrogen-bond donors (Lipinski definition) is 0. The number of benzene rings is 2. The van der Waals surface area contributed by atoms with Crippen molar-refractivity contribution in [3.63, 3.8) is 0 Å². The molecule has 0 N–H and O–H groups in total. The third-order valence-corrected chi connectivity index (χ3v) is 5.37. The van der Waals surface area contributed by atoms with E-state index < -0.39 is 0 Å². The van der Waals surface area contributed by atoms with Crippen LogP contribution in [0.2, 0.25) is 0 Å². The van der Waals surface area contributed by atoms with Crippen molar-refractivity contribution in [2.45, 2.75) is 65.2 Å². The first-order chi connectivity index (χ1) is 14.2. The second kappa shape index (κ2) is 10.8. The van der Waals surface area contributed by atoms with Crippen LogP contribution >= 0.6 is 0 Å². The van der Waals surface area contributed by atoms with Gasteiger partial charge in [0.05, 0.1) is 0 Å². The number of nitrogens with zero attached hydrogens (tertiary/aromatic N) is 2. The first-order valence-corrected chi connectivity index (χ1v) is 10.9. The summed E-state index contributed by atoms with van der Waals surface area (Å²) < 4.78 is 14.3. The first-order valence-electron chi connectivity index (χ1n) is 10.9. The van der Waals surface area contributed by atoms with E-state index in [0.717, 1.165) is 47.9 Å². The van der Waals surface area contributed by atoms with Gasteiger partial charge >= 0.3 is 0 Å². The molecule has 29 heavy (non-hydrogen) atoms. The van der Waals surface area contributed by atoms with Crippen LogP contribution in [0.25, 0.3) is 22.5 Å². The zero-order chi connectivity index (χ0) is 20.5. The number of aromatic nitrogens is 2. The SMILES string of the molecule is CCCCCCc1ccc(-c2cnc(-c3ccc(CCCC)c(F)c3)nc2)cc1. The molecular formula is C26H31FN2. The molecule has 3 heteroatoms. The van der Waals surface area contributed by atoms with Crippen molar-refractivity contribution in [1.82, 2.24) is 9.97 Å². The summed E-state index contributed by atoms with van der Waals surface area (Å²) in [4.78, 5) is 8.95. The number of unbranched alkanes of at least 4 members (excludes halogenated alkanes) is 4. The fourth-order valence-corrected chi connectivity index (χ4v) is 3.50. The molecule has 2 aromatic carbocycles. The Hall–Kier alpha value is -2.55. The molecule has 152 valence electrons. The van der Waals surface area contributed by atoms with Gasteiger partial charge in [-0.2, -0.15) is 0 Å². The Kier molecular flexibility index (Phi) is 7.92. The van der Waals surface area contributed by atoms with Crippen molar-refractivity contribution in [3.05, 3.63) is 71.8 Å². The first kappa shape index (κ1) is 21.2. The molecule has 0 unspecified atom stereocenters. The molecule has 1 heterocycles. The molecule has 0 bridgehead atoms. The average molecular weight is 391 g/mol. The second-order valence-electron chi connectivity index (χ2n) is 7.71. The lowest BCUT2D eigenvalue weighted by Crippen LogP contribution is -1.94. The van der Waals surface area contributed by atoms with E-state index in [-0.39, 0.29) is 5.82 Å². The lowest BCUT2D eigenvalue weighted by atomic mass is 10.0. The summed E-state index contributed by atoms with van der Waals surface area (Å²) in [5.74, 6) is 0.389. The maximum Gasteiger partial charge on any atom is 0.159 e. The lowest BCUT2D eigenvalue weighted by Gasteiger charge is -2.07. The summed E-state index contributed by atoms with van der Waals surface area (Å²) in [5.41, 5.74) is 4.95. The van der Waals surface area contributed by atoms with Crippen molar-refractivity contribution in [2.75, 3.05) is 0 Å². The average Bonchev–Trinajstić information content (AvgIpc) is 2.76. The Morgan fingerprint density at radius 2 is 1.38 bits per heavy atom. The van der Waals surface area contributed by atoms with Gasteiger partial charge in [0, 0.05) is 23.5 Å². The maximum absolute atomic E-state index is 14.3. The van der Waals surface area contributed by atoms with Crippen LogP contribution in [-0.2, 0) is 12.8 Å². The summed E-state index contributed by atoms with van der Waals surface area (Å²) in [5, 5.41) is 0. The van der Waals surface area contributed by atoms with E-state index in [1.807, 2.05) is 24.5 Å². The Bertz CT molecular complexity index is 886. The zero-order valence-electron chi connectivity index (χ0n) is 17.6. The Morgan fingerprint density at radius 3 is 2.03 bits per heavy atom. The van der Waals surface area contributed by atoms with Crippen LogP contribution in [0.3, 0.4) is 0 Å². The van der Waals surface area contributed by atoms with Crippen molar-refractivity contribution < 1.29 is 4.39 Å². The summed E-state index contributed by atoms with van der Waals surface area (Å²) in [6, 6.07) is 14.0. The molecule has 0 fully saturated rings. The van der Waals surface area contributed by atoms with Crippen LogP contribution in [-0.4, -0.2) is 9.97 Å². The van der Waals surface area contributed by atoms with E-state index in [4.69, 9.17) is 0 Å². The molecule has 0 aliphatic rings. The number of rotatable bonds is 10. The highest BCUT2D eigenvalue weighted by atomic mass is 19.1. The highest BCUT2D eigenvalue weighted by molar-refractivity contribution is 5.64. The van der Waals surface area contributed by atoms with Crippen LogP contribution in [0.1, 0.15) is 63.5 Å². The zero-order valence-corrected chi connectivity index (χ0v) is 17.6. The van der Waals surface area contributed by atoms with Gasteiger partial charge < -0.3 is 0 Å². The minimum Gasteiger partial charge on any atom is -0.236 e. The van der Waals surface area contributed by atoms with Crippen molar-refractivity contribution in [3.8, 4) is 22.5 Å². The van der Waals surface area contributed by atoms with Crippen LogP contribution in [0.5, 0.6) is 0 Å². The van der Waals surface area contributed by atoms with Gasteiger partial charge in [-0.15, -0.1) is 0 Å². The smallest absolute Gasteiger partial charge is 0.159 e. The Labute approximate surface area is 174 Å². The number of hydrogen-bond acceptors (Lipinski definition) is 2. The van der Waals surface area contributed by atoms with E-state index in [9.17, 15) is 4.39 Å². The summed E-state index contributed by atoms with van der Waals surface area (Å²) in [6.07, 6.45) is 12.7. The van der Waals surface area contributed by atoms with Gasteiger partial charge in [0.25, 0.3) is 0 Å². The van der Waals surface area contributed by atoms with Gasteiger partial charge in [0.2, 0.25) is 0 Å². The fraction of sp³-hybridized carbons (Fsp3) is 0.385. The molecule has 0 amide bonds. The molecular weight excluding hydrogens is 359 g/mol. The van der Waals surface area contributed by atoms with E-state index in [1.165, 1.54) is 31.2 Å². The van der Waals surface area contributed by atoms with Crippen molar-refractivity contribution in [1.29, 1.82) is 0 Å². The van der Waals surface area contributed by atoms with Gasteiger partial charge in [-0.3, -0.25) is 0 Å². The quantitative estimate of drug-likeness (QED) is 0.337. The largest absolute Gasteiger partial charge is 0.236 e. The van der Waals surface area contributed by atoms with Gasteiger partial charge in [0.1, 0.15) is 5.82 Å². The molecule has 3 aromatic rings. The topological polar surface area (TPSA) is 25.8 Å². The molecule has 0 saturated carbocycles. The normalized spacial score (nSPS) is 11.0. The molecule has 3 rings (SSSR count). The Balaban J connectivity index is 1.66. The molecule has 0 aliphatic carbocycles. The predicted octanol–water partition coefficient (Wildman–Crippen LogP) is 7.42. The van der Waals surface area contributed by atoms with E-state index in [0.29, 0.717) is 5.82 Å². The molecule has 0 atom stereocenters. The molecule has 2 nitrogen and oxygen atoms in total. The molecule has 0 spiro atoms. The van der Waals surface area contributed by atoms with Gasteiger partial charge in [-0.1, -0.05) is 75.9 Å². The lowest BCUT2D eigenvalue weighted by molar-refractivity contribution is 0.603. The second-order valence-corrected chi connectivity index (χ2v) is 7.71. The Morgan fingerprint density at radius 1 is 0.690 bits per heavy atom. The minimum absolute atomic E-state index is 0.168.